The maximum absolute atomic E-state index is 12.7. The number of amides is 1. The third-order valence-corrected chi connectivity index (χ3v) is 3.36. The van der Waals surface area contributed by atoms with Crippen LogP contribution in [0.3, 0.4) is 0 Å². The Hall–Kier alpha value is -2.84. The van der Waals surface area contributed by atoms with Gasteiger partial charge >= 0.3 is 12.1 Å². The lowest BCUT2D eigenvalue weighted by molar-refractivity contribution is -0.167. The number of halogens is 3. The number of alkyl halides is 3. The van der Waals surface area contributed by atoms with Gasteiger partial charge in [0.1, 0.15) is 13.1 Å². The molecule has 1 aromatic carbocycles. The predicted molar refractivity (Wildman–Crippen MR) is 86.5 cm³/mol. The van der Waals surface area contributed by atoms with Gasteiger partial charge in [-0.05, 0) is 24.6 Å². The van der Waals surface area contributed by atoms with E-state index >= 15 is 0 Å². The van der Waals surface area contributed by atoms with E-state index in [0.717, 1.165) is 5.69 Å². The molecule has 1 aromatic heterocycles. The zero-order chi connectivity index (χ0) is 19.2. The number of nitrogens with zero attached hydrogens (tertiary/aromatic N) is 3. The number of carbonyl (C=O) groups is 2. The molecule has 0 aliphatic heterocycles. The summed E-state index contributed by atoms with van der Waals surface area (Å²) in [5.74, 6) is -1.71. The largest absolute Gasteiger partial charge is 0.465 e. The molecule has 140 valence electrons. The molecule has 2 rings (SSSR count). The molecule has 0 N–H and O–H groups in total. The van der Waals surface area contributed by atoms with Crippen molar-refractivity contribution in [1.29, 1.82) is 0 Å². The highest BCUT2D eigenvalue weighted by molar-refractivity contribution is 5.83. The van der Waals surface area contributed by atoms with Gasteiger partial charge in [0.2, 0.25) is 5.91 Å². The standard InChI is InChI=1S/C17H18F3N3O3/c1-2-26-16(25)11-22(12-17(18,19)20)15(24)8-13-9-21-23(10-13)14-6-4-3-5-7-14/h3-7,9-10H,2,8,11-12H2,1H3. The summed E-state index contributed by atoms with van der Waals surface area (Å²) >= 11 is 0. The molecule has 0 atom stereocenters. The first-order valence-electron chi connectivity index (χ1n) is 7.87. The van der Waals surface area contributed by atoms with Gasteiger partial charge in [0, 0.05) is 6.20 Å². The third-order valence-electron chi connectivity index (χ3n) is 3.36. The van der Waals surface area contributed by atoms with E-state index in [1.807, 2.05) is 18.2 Å². The van der Waals surface area contributed by atoms with Gasteiger partial charge in [-0.3, -0.25) is 9.59 Å². The topological polar surface area (TPSA) is 64.4 Å². The van der Waals surface area contributed by atoms with E-state index in [1.165, 1.54) is 17.8 Å². The second kappa shape index (κ2) is 8.50. The fourth-order valence-electron chi connectivity index (χ4n) is 2.27. The van der Waals surface area contributed by atoms with E-state index < -0.39 is 31.1 Å². The molecule has 0 aliphatic carbocycles. The molecular formula is C17H18F3N3O3. The predicted octanol–water partition coefficient (Wildman–Crippen LogP) is 2.37. The average molecular weight is 369 g/mol. The van der Waals surface area contributed by atoms with E-state index in [1.54, 1.807) is 18.3 Å². The molecule has 0 unspecified atom stereocenters. The van der Waals surface area contributed by atoms with Crippen LogP contribution in [-0.4, -0.2) is 52.4 Å². The Balaban J connectivity index is 2.08. The third kappa shape index (κ3) is 5.91. The Morgan fingerprint density at radius 2 is 1.92 bits per heavy atom. The molecule has 0 spiro atoms. The number of hydrogen-bond acceptors (Lipinski definition) is 4. The van der Waals surface area contributed by atoms with Crippen LogP contribution in [-0.2, 0) is 20.7 Å². The van der Waals surface area contributed by atoms with Gasteiger partial charge in [0.15, 0.2) is 0 Å². The van der Waals surface area contributed by atoms with Crippen LogP contribution in [0.5, 0.6) is 0 Å². The zero-order valence-electron chi connectivity index (χ0n) is 14.1. The molecule has 0 aliphatic rings. The molecule has 0 saturated heterocycles. The molecule has 26 heavy (non-hydrogen) atoms. The van der Waals surface area contributed by atoms with Crippen molar-refractivity contribution >= 4 is 11.9 Å². The second-order valence-electron chi connectivity index (χ2n) is 5.48. The average Bonchev–Trinajstić information content (AvgIpc) is 3.02. The number of hydrogen-bond donors (Lipinski definition) is 0. The first kappa shape index (κ1) is 19.5. The SMILES string of the molecule is CCOC(=O)CN(CC(F)(F)F)C(=O)Cc1cnn(-c2ccccc2)c1. The van der Waals surface area contributed by atoms with Gasteiger partial charge in [-0.25, -0.2) is 4.68 Å². The lowest BCUT2D eigenvalue weighted by Gasteiger charge is -2.22. The van der Waals surface area contributed by atoms with Crippen molar-refractivity contribution < 1.29 is 27.5 Å². The maximum Gasteiger partial charge on any atom is 0.406 e. The minimum Gasteiger partial charge on any atom is -0.465 e. The van der Waals surface area contributed by atoms with Gasteiger partial charge in [-0.1, -0.05) is 18.2 Å². The number of para-hydroxylation sites is 1. The van der Waals surface area contributed by atoms with Gasteiger partial charge < -0.3 is 9.64 Å². The number of rotatable bonds is 7. The van der Waals surface area contributed by atoms with E-state index in [0.29, 0.717) is 10.5 Å². The van der Waals surface area contributed by atoms with Crippen LogP contribution in [0.15, 0.2) is 42.7 Å². The number of benzene rings is 1. The highest BCUT2D eigenvalue weighted by Crippen LogP contribution is 2.17. The van der Waals surface area contributed by atoms with Crippen molar-refractivity contribution in [3.8, 4) is 5.69 Å². The van der Waals surface area contributed by atoms with Crippen molar-refractivity contribution in [2.45, 2.75) is 19.5 Å². The Kier molecular flexibility index (Phi) is 6.37. The quantitative estimate of drug-likeness (QED) is 0.703. The smallest absolute Gasteiger partial charge is 0.406 e. The van der Waals surface area contributed by atoms with Crippen molar-refractivity contribution in [3.63, 3.8) is 0 Å². The first-order chi connectivity index (χ1) is 12.3. The lowest BCUT2D eigenvalue weighted by Crippen LogP contribution is -2.43. The van der Waals surface area contributed by atoms with E-state index in [2.05, 4.69) is 9.84 Å². The number of ether oxygens (including phenoxy) is 1. The van der Waals surface area contributed by atoms with E-state index in [9.17, 15) is 22.8 Å². The summed E-state index contributed by atoms with van der Waals surface area (Å²) in [6.07, 6.45) is -1.96. The Labute approximate surface area is 148 Å². The number of carbonyl (C=O) groups excluding carboxylic acids is 2. The summed E-state index contributed by atoms with van der Waals surface area (Å²) in [6.45, 7) is -0.709. The molecule has 1 heterocycles. The molecule has 0 radical (unpaired) electrons. The van der Waals surface area contributed by atoms with Crippen LogP contribution < -0.4 is 0 Å². The fourth-order valence-corrected chi connectivity index (χ4v) is 2.27. The number of esters is 1. The molecule has 0 saturated carbocycles. The molecule has 2 aromatic rings. The molecule has 9 heteroatoms. The van der Waals surface area contributed by atoms with Crippen LogP contribution >= 0.6 is 0 Å². The Bertz CT molecular complexity index is 744. The molecular weight excluding hydrogens is 351 g/mol. The summed E-state index contributed by atoms with van der Waals surface area (Å²) in [6, 6.07) is 9.06. The van der Waals surface area contributed by atoms with Gasteiger partial charge in [0.05, 0.1) is 24.9 Å². The van der Waals surface area contributed by atoms with Crippen molar-refractivity contribution in [3.05, 3.63) is 48.3 Å². The zero-order valence-corrected chi connectivity index (χ0v) is 14.1. The number of aromatic nitrogens is 2. The summed E-state index contributed by atoms with van der Waals surface area (Å²) in [5, 5.41) is 4.10. The minimum atomic E-state index is -4.61. The van der Waals surface area contributed by atoms with Gasteiger partial charge in [-0.2, -0.15) is 18.3 Å². The summed E-state index contributed by atoms with van der Waals surface area (Å²) in [7, 11) is 0. The van der Waals surface area contributed by atoms with Crippen molar-refractivity contribution in [2.24, 2.45) is 0 Å². The highest BCUT2D eigenvalue weighted by atomic mass is 19.4. The lowest BCUT2D eigenvalue weighted by atomic mass is 10.2. The van der Waals surface area contributed by atoms with Crippen molar-refractivity contribution in [2.75, 3.05) is 19.7 Å². The molecule has 1 amide bonds. The summed E-state index contributed by atoms with van der Waals surface area (Å²) < 4.78 is 44.3. The Morgan fingerprint density at radius 3 is 2.54 bits per heavy atom. The molecule has 6 nitrogen and oxygen atoms in total. The second-order valence-corrected chi connectivity index (χ2v) is 5.48. The van der Waals surface area contributed by atoms with E-state index in [-0.39, 0.29) is 13.0 Å². The van der Waals surface area contributed by atoms with Crippen molar-refractivity contribution in [1.82, 2.24) is 14.7 Å². The Morgan fingerprint density at radius 1 is 1.23 bits per heavy atom. The van der Waals surface area contributed by atoms with Crippen LogP contribution in [0.25, 0.3) is 5.69 Å². The van der Waals surface area contributed by atoms with Crippen LogP contribution in [0.2, 0.25) is 0 Å². The van der Waals surface area contributed by atoms with Crippen LogP contribution in [0.1, 0.15) is 12.5 Å². The molecule has 0 fully saturated rings. The summed E-state index contributed by atoms with van der Waals surface area (Å²) in [5.41, 5.74) is 1.19. The maximum atomic E-state index is 12.7. The summed E-state index contributed by atoms with van der Waals surface area (Å²) in [4.78, 5) is 24.2. The first-order valence-corrected chi connectivity index (χ1v) is 7.87. The highest BCUT2D eigenvalue weighted by Gasteiger charge is 2.34. The fraction of sp³-hybridized carbons (Fsp3) is 0.353. The van der Waals surface area contributed by atoms with Crippen LogP contribution in [0, 0.1) is 0 Å². The van der Waals surface area contributed by atoms with Gasteiger partial charge in [-0.15, -0.1) is 0 Å². The van der Waals surface area contributed by atoms with Crippen LogP contribution in [0.4, 0.5) is 13.2 Å². The minimum absolute atomic E-state index is 0.0245. The normalized spacial score (nSPS) is 11.2. The monoisotopic (exact) mass is 369 g/mol. The molecule has 0 bridgehead atoms. The van der Waals surface area contributed by atoms with Gasteiger partial charge in [0.25, 0.3) is 0 Å². The van der Waals surface area contributed by atoms with E-state index in [4.69, 9.17) is 0 Å².